The van der Waals surface area contributed by atoms with Crippen LogP contribution in [0.4, 0.5) is 5.69 Å². The van der Waals surface area contributed by atoms with Gasteiger partial charge in [0.1, 0.15) is 5.54 Å². The van der Waals surface area contributed by atoms with Gasteiger partial charge in [-0.05, 0) is 62.6 Å². The van der Waals surface area contributed by atoms with Gasteiger partial charge in [0.25, 0.3) is 0 Å². The molecule has 138 valence electrons. The van der Waals surface area contributed by atoms with Crippen molar-refractivity contribution < 1.29 is 9.59 Å². The molecule has 4 rings (SSSR count). The van der Waals surface area contributed by atoms with Gasteiger partial charge in [-0.3, -0.25) is 9.59 Å². The molecule has 1 aromatic carbocycles. The van der Waals surface area contributed by atoms with Gasteiger partial charge in [-0.1, -0.05) is 6.92 Å². The van der Waals surface area contributed by atoms with Crippen LogP contribution in [0.1, 0.15) is 63.3 Å². The van der Waals surface area contributed by atoms with Crippen molar-refractivity contribution in [2.75, 3.05) is 5.32 Å². The summed E-state index contributed by atoms with van der Waals surface area (Å²) in [7, 11) is 0. The molecular formula is C20H25N3O2S. The molecule has 0 atom stereocenters. The van der Waals surface area contributed by atoms with Crippen molar-refractivity contribution >= 4 is 39.1 Å². The molecule has 2 amide bonds. The third-order valence-corrected chi connectivity index (χ3v) is 6.75. The number of anilines is 1. The minimum Gasteiger partial charge on any atom is -0.342 e. The van der Waals surface area contributed by atoms with Crippen LogP contribution in [0.25, 0.3) is 10.2 Å². The average Bonchev–Trinajstić information content (AvgIpc) is 3.36. The molecule has 1 heterocycles. The Bertz CT molecular complexity index is 848. The van der Waals surface area contributed by atoms with Crippen LogP contribution >= 0.6 is 11.3 Å². The molecule has 0 unspecified atom stereocenters. The second kappa shape index (κ2) is 6.65. The van der Waals surface area contributed by atoms with Crippen LogP contribution in [0.2, 0.25) is 0 Å². The third kappa shape index (κ3) is 3.47. The molecule has 2 aromatic rings. The molecule has 0 aliphatic heterocycles. The van der Waals surface area contributed by atoms with Crippen molar-refractivity contribution in [3.63, 3.8) is 0 Å². The molecule has 0 saturated heterocycles. The van der Waals surface area contributed by atoms with E-state index >= 15 is 0 Å². The van der Waals surface area contributed by atoms with Gasteiger partial charge in [0.15, 0.2) is 0 Å². The van der Waals surface area contributed by atoms with Gasteiger partial charge in [-0.2, -0.15) is 0 Å². The van der Waals surface area contributed by atoms with E-state index in [4.69, 9.17) is 4.98 Å². The molecule has 6 heteroatoms. The normalized spacial score (nSPS) is 25.8. The fourth-order valence-corrected chi connectivity index (χ4v) is 4.95. The molecule has 0 radical (unpaired) electrons. The number of nitrogens with zero attached hydrogens (tertiary/aromatic N) is 1. The van der Waals surface area contributed by atoms with E-state index in [2.05, 4.69) is 17.6 Å². The van der Waals surface area contributed by atoms with E-state index in [1.54, 1.807) is 11.3 Å². The fourth-order valence-electron chi connectivity index (χ4n) is 3.78. The molecule has 5 nitrogen and oxygen atoms in total. The van der Waals surface area contributed by atoms with Crippen molar-refractivity contribution in [2.24, 2.45) is 5.92 Å². The van der Waals surface area contributed by atoms with Crippen LogP contribution in [0.5, 0.6) is 0 Å². The number of carbonyl (C=O) groups excluding carboxylic acids is 2. The molecule has 1 aromatic heterocycles. The number of nitrogens with one attached hydrogen (secondary N) is 2. The highest BCUT2D eigenvalue weighted by Crippen LogP contribution is 2.43. The van der Waals surface area contributed by atoms with Crippen LogP contribution in [0, 0.1) is 5.92 Å². The lowest BCUT2D eigenvalue weighted by atomic mass is 9.76. The summed E-state index contributed by atoms with van der Waals surface area (Å²) in [4.78, 5) is 29.5. The Kier molecular flexibility index (Phi) is 4.47. The quantitative estimate of drug-likeness (QED) is 0.846. The van der Waals surface area contributed by atoms with Crippen LogP contribution in [-0.2, 0) is 9.59 Å². The van der Waals surface area contributed by atoms with Gasteiger partial charge >= 0.3 is 0 Å². The molecule has 0 spiro atoms. The van der Waals surface area contributed by atoms with Gasteiger partial charge in [-0.25, -0.2) is 4.98 Å². The Morgan fingerprint density at radius 3 is 2.58 bits per heavy atom. The maximum Gasteiger partial charge on any atom is 0.250 e. The summed E-state index contributed by atoms with van der Waals surface area (Å²) in [6, 6.07) is 5.88. The van der Waals surface area contributed by atoms with E-state index in [1.807, 2.05) is 18.2 Å². The summed E-state index contributed by atoms with van der Waals surface area (Å²) < 4.78 is 1.11. The average molecular weight is 372 g/mol. The minimum absolute atomic E-state index is 0.106. The van der Waals surface area contributed by atoms with E-state index in [1.165, 1.54) is 24.8 Å². The predicted octanol–water partition coefficient (Wildman–Crippen LogP) is 4.20. The minimum atomic E-state index is -0.791. The summed E-state index contributed by atoms with van der Waals surface area (Å²) in [5, 5.41) is 7.19. The number of hydrogen-bond acceptors (Lipinski definition) is 4. The third-order valence-electron chi connectivity index (χ3n) is 5.57. The Labute approximate surface area is 157 Å². The van der Waals surface area contributed by atoms with Crippen molar-refractivity contribution in [1.82, 2.24) is 10.3 Å². The summed E-state index contributed by atoms with van der Waals surface area (Å²) in [6.07, 6.45) is 5.75. The van der Waals surface area contributed by atoms with Crippen LogP contribution in [-0.4, -0.2) is 22.3 Å². The van der Waals surface area contributed by atoms with Crippen molar-refractivity contribution in [3.8, 4) is 0 Å². The Hall–Kier alpha value is -1.95. The lowest BCUT2D eigenvalue weighted by molar-refractivity contribution is -0.131. The molecule has 0 bridgehead atoms. The lowest BCUT2D eigenvalue weighted by Crippen LogP contribution is -2.57. The first-order valence-corrected chi connectivity index (χ1v) is 10.3. The van der Waals surface area contributed by atoms with Crippen molar-refractivity contribution in [2.45, 2.75) is 63.8 Å². The smallest absolute Gasteiger partial charge is 0.250 e. The first-order valence-electron chi connectivity index (χ1n) is 9.46. The SMILES string of the molecule is CC(=O)NC1(C(=O)Nc2ccc3nc(C4CC4)sc3c2)CCC(C)CC1. The zero-order valence-corrected chi connectivity index (χ0v) is 16.1. The van der Waals surface area contributed by atoms with Gasteiger partial charge < -0.3 is 10.6 Å². The summed E-state index contributed by atoms with van der Waals surface area (Å²) >= 11 is 1.72. The second-order valence-electron chi connectivity index (χ2n) is 7.91. The molecule has 2 aliphatic carbocycles. The van der Waals surface area contributed by atoms with Gasteiger partial charge in [0.05, 0.1) is 15.2 Å². The van der Waals surface area contributed by atoms with E-state index in [-0.39, 0.29) is 11.8 Å². The topological polar surface area (TPSA) is 71.1 Å². The van der Waals surface area contributed by atoms with E-state index in [9.17, 15) is 9.59 Å². The first kappa shape index (κ1) is 17.5. The number of carbonyl (C=O) groups is 2. The maximum atomic E-state index is 13.1. The zero-order valence-electron chi connectivity index (χ0n) is 15.3. The zero-order chi connectivity index (χ0) is 18.3. The van der Waals surface area contributed by atoms with E-state index in [0.29, 0.717) is 24.7 Å². The molecule has 2 saturated carbocycles. The Morgan fingerprint density at radius 1 is 1.19 bits per heavy atom. The number of rotatable bonds is 4. The summed E-state index contributed by atoms with van der Waals surface area (Å²) in [5.41, 5.74) is 0.981. The predicted molar refractivity (Wildman–Crippen MR) is 104 cm³/mol. The summed E-state index contributed by atoms with van der Waals surface area (Å²) in [6.45, 7) is 3.68. The molecular weight excluding hydrogens is 346 g/mol. The molecule has 2 fully saturated rings. The van der Waals surface area contributed by atoms with Crippen LogP contribution < -0.4 is 10.6 Å². The number of amides is 2. The van der Waals surface area contributed by atoms with Gasteiger partial charge in [-0.15, -0.1) is 11.3 Å². The van der Waals surface area contributed by atoms with Crippen molar-refractivity contribution in [1.29, 1.82) is 0 Å². The highest BCUT2D eigenvalue weighted by atomic mass is 32.1. The molecule has 26 heavy (non-hydrogen) atoms. The number of thiazole rings is 1. The van der Waals surface area contributed by atoms with Crippen LogP contribution in [0.15, 0.2) is 18.2 Å². The number of hydrogen-bond donors (Lipinski definition) is 2. The van der Waals surface area contributed by atoms with Gasteiger partial charge in [0.2, 0.25) is 11.8 Å². The molecule has 2 N–H and O–H groups in total. The van der Waals surface area contributed by atoms with E-state index in [0.717, 1.165) is 28.7 Å². The number of aromatic nitrogens is 1. The standard InChI is InChI=1S/C20H25N3O2S/c1-12-7-9-20(10-8-12,23-13(2)24)19(25)21-15-5-6-16-17(11-15)26-18(22-16)14-3-4-14/h5-6,11-12,14H,3-4,7-10H2,1-2H3,(H,21,25)(H,23,24). The van der Waals surface area contributed by atoms with Crippen LogP contribution in [0.3, 0.4) is 0 Å². The highest BCUT2D eigenvalue weighted by Gasteiger charge is 2.41. The van der Waals surface area contributed by atoms with E-state index < -0.39 is 5.54 Å². The Balaban J connectivity index is 1.55. The second-order valence-corrected chi connectivity index (χ2v) is 8.97. The monoisotopic (exact) mass is 371 g/mol. The van der Waals surface area contributed by atoms with Gasteiger partial charge in [0, 0.05) is 18.5 Å². The fraction of sp³-hybridized carbons (Fsp3) is 0.550. The van der Waals surface area contributed by atoms with Crippen molar-refractivity contribution in [3.05, 3.63) is 23.2 Å². The lowest BCUT2D eigenvalue weighted by Gasteiger charge is -2.38. The largest absolute Gasteiger partial charge is 0.342 e. The maximum absolute atomic E-state index is 13.1. The highest BCUT2D eigenvalue weighted by molar-refractivity contribution is 7.18. The number of benzene rings is 1. The Morgan fingerprint density at radius 2 is 1.92 bits per heavy atom. The molecule has 2 aliphatic rings. The summed E-state index contributed by atoms with van der Waals surface area (Å²) in [5.74, 6) is 0.976. The first-order chi connectivity index (χ1) is 12.4. The number of fused-ring (bicyclic) bond motifs is 1.